The summed E-state index contributed by atoms with van der Waals surface area (Å²) in [6.45, 7) is 3.82. The highest BCUT2D eigenvalue weighted by Gasteiger charge is 2.18. The first-order valence-electron chi connectivity index (χ1n) is 7.98. The van der Waals surface area contributed by atoms with E-state index in [4.69, 9.17) is 0 Å². The fourth-order valence-corrected chi connectivity index (χ4v) is 4.13. The van der Waals surface area contributed by atoms with Gasteiger partial charge in [0.15, 0.2) is 0 Å². The lowest BCUT2D eigenvalue weighted by Crippen LogP contribution is -2.32. The zero-order chi connectivity index (χ0) is 18.0. The molecular formula is C19H20N2O3S. The number of para-hydroxylation sites is 1. The van der Waals surface area contributed by atoms with Gasteiger partial charge in [-0.1, -0.05) is 42.0 Å². The maximum Gasteiger partial charge on any atom is 0.239 e. The van der Waals surface area contributed by atoms with Gasteiger partial charge in [0.05, 0.1) is 12.2 Å². The number of hydrogen-bond acceptors (Lipinski definition) is 3. The topological polar surface area (TPSA) is 79.0 Å². The Morgan fingerprint density at radius 3 is 2.60 bits per heavy atom. The molecule has 0 saturated heterocycles. The normalized spacial score (nSPS) is 11.6. The third-order valence-corrected chi connectivity index (χ3v) is 5.37. The van der Waals surface area contributed by atoms with Crippen molar-refractivity contribution in [1.82, 2.24) is 9.71 Å². The van der Waals surface area contributed by atoms with E-state index in [2.05, 4.69) is 9.71 Å². The van der Waals surface area contributed by atoms with Crippen molar-refractivity contribution in [2.24, 2.45) is 0 Å². The van der Waals surface area contributed by atoms with Gasteiger partial charge in [0.2, 0.25) is 15.9 Å². The Bertz CT molecular complexity index is 1040. The monoisotopic (exact) mass is 356 g/mol. The average Bonchev–Trinajstić information content (AvgIpc) is 2.93. The zero-order valence-electron chi connectivity index (χ0n) is 14.2. The molecule has 0 radical (unpaired) electrons. The molecule has 6 heteroatoms. The van der Waals surface area contributed by atoms with E-state index in [9.17, 15) is 13.2 Å². The Morgan fingerprint density at radius 1 is 1.08 bits per heavy atom. The number of nitrogens with one attached hydrogen (secondary N) is 2. The maximum atomic E-state index is 12.3. The second-order valence-corrected chi connectivity index (χ2v) is 7.97. The van der Waals surface area contributed by atoms with Crippen molar-refractivity contribution in [3.63, 3.8) is 0 Å². The predicted molar refractivity (Wildman–Crippen MR) is 98.7 cm³/mol. The van der Waals surface area contributed by atoms with Crippen LogP contribution in [0.5, 0.6) is 0 Å². The standard InChI is InChI=1S/C19H20N2O3S/c1-13-7-8-15(14(2)9-13)12-25(23,24)21-19(22)10-16-11-20-18-6-4-3-5-17(16)18/h3-9,11,20H,10,12H2,1-2H3,(H,21,22). The van der Waals surface area contributed by atoms with Gasteiger partial charge >= 0.3 is 0 Å². The van der Waals surface area contributed by atoms with Crippen LogP contribution in [0.25, 0.3) is 10.9 Å². The van der Waals surface area contributed by atoms with E-state index < -0.39 is 15.9 Å². The Balaban J connectivity index is 1.71. The first-order chi connectivity index (χ1) is 11.8. The van der Waals surface area contributed by atoms with Gasteiger partial charge in [-0.05, 0) is 36.6 Å². The SMILES string of the molecule is Cc1ccc(CS(=O)(=O)NC(=O)Cc2c[nH]c3ccccc23)c(C)c1. The molecule has 1 amide bonds. The van der Waals surface area contributed by atoms with Gasteiger partial charge in [-0.3, -0.25) is 9.52 Å². The number of rotatable bonds is 5. The average molecular weight is 356 g/mol. The second-order valence-electron chi connectivity index (χ2n) is 6.25. The summed E-state index contributed by atoms with van der Waals surface area (Å²) in [5.74, 6) is -0.742. The van der Waals surface area contributed by atoms with E-state index in [1.807, 2.05) is 50.2 Å². The fourth-order valence-electron chi connectivity index (χ4n) is 2.91. The smallest absolute Gasteiger partial charge is 0.239 e. The molecule has 1 aromatic heterocycles. The third-order valence-electron chi connectivity index (χ3n) is 4.14. The number of amides is 1. The predicted octanol–water partition coefficient (Wildman–Crippen LogP) is 2.97. The summed E-state index contributed by atoms with van der Waals surface area (Å²) in [6.07, 6.45) is 1.75. The fraction of sp³-hybridized carbons (Fsp3) is 0.211. The molecule has 130 valence electrons. The summed E-state index contributed by atoms with van der Waals surface area (Å²) < 4.78 is 26.8. The number of aryl methyl sites for hydroxylation is 2. The van der Waals surface area contributed by atoms with Gasteiger partial charge in [-0.25, -0.2) is 8.42 Å². The summed E-state index contributed by atoms with van der Waals surface area (Å²) in [6, 6.07) is 13.2. The van der Waals surface area contributed by atoms with Crippen LogP contribution in [-0.4, -0.2) is 19.3 Å². The van der Waals surface area contributed by atoms with Crippen LogP contribution in [0, 0.1) is 13.8 Å². The molecule has 5 nitrogen and oxygen atoms in total. The number of carbonyl (C=O) groups excluding carboxylic acids is 1. The number of hydrogen-bond donors (Lipinski definition) is 2. The quantitative estimate of drug-likeness (QED) is 0.738. The number of sulfonamides is 1. The highest BCUT2D eigenvalue weighted by atomic mass is 32.2. The van der Waals surface area contributed by atoms with Crippen LogP contribution < -0.4 is 4.72 Å². The highest BCUT2D eigenvalue weighted by Crippen LogP contribution is 2.18. The van der Waals surface area contributed by atoms with E-state index in [0.717, 1.165) is 27.6 Å². The summed E-state index contributed by atoms with van der Waals surface area (Å²) in [7, 11) is -3.74. The molecular weight excluding hydrogens is 336 g/mol. The molecule has 0 atom stereocenters. The lowest BCUT2D eigenvalue weighted by molar-refractivity contribution is -0.118. The van der Waals surface area contributed by atoms with Crippen molar-refractivity contribution in [2.45, 2.75) is 26.0 Å². The highest BCUT2D eigenvalue weighted by molar-refractivity contribution is 7.89. The van der Waals surface area contributed by atoms with Crippen LogP contribution in [0.4, 0.5) is 0 Å². The molecule has 0 unspecified atom stereocenters. The van der Waals surface area contributed by atoms with E-state index in [1.54, 1.807) is 12.3 Å². The van der Waals surface area contributed by atoms with E-state index in [1.165, 1.54) is 0 Å². The molecule has 0 fully saturated rings. The first-order valence-corrected chi connectivity index (χ1v) is 9.64. The minimum Gasteiger partial charge on any atom is -0.361 e. The zero-order valence-corrected chi connectivity index (χ0v) is 15.0. The van der Waals surface area contributed by atoms with E-state index in [-0.39, 0.29) is 12.2 Å². The van der Waals surface area contributed by atoms with Gasteiger partial charge in [0.1, 0.15) is 0 Å². The molecule has 0 aliphatic rings. The van der Waals surface area contributed by atoms with Crippen molar-refractivity contribution in [3.8, 4) is 0 Å². The lowest BCUT2D eigenvalue weighted by atomic mass is 10.1. The molecule has 2 N–H and O–H groups in total. The van der Waals surface area contributed by atoms with Crippen molar-refractivity contribution in [1.29, 1.82) is 0 Å². The number of carbonyl (C=O) groups is 1. The number of benzene rings is 2. The van der Waals surface area contributed by atoms with Gasteiger partial charge in [-0.2, -0.15) is 0 Å². The Labute approximate surface area is 147 Å². The van der Waals surface area contributed by atoms with Crippen molar-refractivity contribution < 1.29 is 13.2 Å². The molecule has 0 aliphatic carbocycles. The molecule has 3 rings (SSSR count). The Kier molecular flexibility index (Phi) is 4.63. The summed E-state index contributed by atoms with van der Waals surface area (Å²) in [4.78, 5) is 15.3. The second kappa shape index (κ2) is 6.72. The Hall–Kier alpha value is -2.60. The molecule has 0 spiro atoms. The summed E-state index contributed by atoms with van der Waals surface area (Å²) >= 11 is 0. The van der Waals surface area contributed by atoms with Crippen LogP contribution in [0.15, 0.2) is 48.7 Å². The molecule has 2 aromatic carbocycles. The van der Waals surface area contributed by atoms with Crippen LogP contribution >= 0.6 is 0 Å². The molecule has 1 heterocycles. The van der Waals surface area contributed by atoms with E-state index >= 15 is 0 Å². The Morgan fingerprint density at radius 2 is 1.84 bits per heavy atom. The first kappa shape index (κ1) is 17.2. The minimum atomic E-state index is -3.74. The van der Waals surface area contributed by atoms with Crippen molar-refractivity contribution >= 4 is 26.8 Å². The van der Waals surface area contributed by atoms with Gasteiger partial charge in [0, 0.05) is 17.1 Å². The maximum absolute atomic E-state index is 12.3. The van der Waals surface area contributed by atoms with Crippen LogP contribution in [0.1, 0.15) is 22.3 Å². The van der Waals surface area contributed by atoms with Gasteiger partial charge < -0.3 is 4.98 Å². The molecule has 0 bridgehead atoms. The molecule has 0 saturated carbocycles. The van der Waals surface area contributed by atoms with E-state index in [0.29, 0.717) is 5.56 Å². The van der Waals surface area contributed by atoms with Gasteiger partial charge in [0.25, 0.3) is 0 Å². The van der Waals surface area contributed by atoms with Crippen molar-refractivity contribution in [2.75, 3.05) is 0 Å². The number of fused-ring (bicyclic) bond motifs is 1. The molecule has 3 aromatic rings. The van der Waals surface area contributed by atoms with Crippen LogP contribution in [0.2, 0.25) is 0 Å². The minimum absolute atomic E-state index is 0.0100. The number of H-pyrrole nitrogens is 1. The number of aromatic amines is 1. The van der Waals surface area contributed by atoms with Crippen LogP contribution in [0.3, 0.4) is 0 Å². The largest absolute Gasteiger partial charge is 0.361 e. The van der Waals surface area contributed by atoms with Crippen molar-refractivity contribution in [3.05, 3.63) is 70.9 Å². The van der Waals surface area contributed by atoms with Gasteiger partial charge in [-0.15, -0.1) is 0 Å². The number of aromatic nitrogens is 1. The molecule has 25 heavy (non-hydrogen) atoms. The lowest BCUT2D eigenvalue weighted by Gasteiger charge is -2.09. The summed E-state index contributed by atoms with van der Waals surface area (Å²) in [5.41, 5.74) is 4.35. The summed E-state index contributed by atoms with van der Waals surface area (Å²) in [5, 5.41) is 0.921. The third kappa shape index (κ3) is 4.09. The van der Waals surface area contributed by atoms with Crippen LogP contribution in [-0.2, 0) is 27.0 Å². The molecule has 0 aliphatic heterocycles.